The lowest BCUT2D eigenvalue weighted by atomic mass is 9.84. The number of hydrogen-bond acceptors (Lipinski definition) is 1. The van der Waals surface area contributed by atoms with Gasteiger partial charge in [-0.05, 0) is 17.4 Å². The lowest BCUT2D eigenvalue weighted by molar-refractivity contribution is 0.120. The molecule has 0 bridgehead atoms. The van der Waals surface area contributed by atoms with E-state index in [2.05, 4.69) is 71.7 Å². The van der Waals surface area contributed by atoms with E-state index < -0.39 is 0 Å². The Morgan fingerprint density at radius 2 is 2.00 bits per heavy atom. The summed E-state index contributed by atoms with van der Waals surface area (Å²) in [6, 6.07) is 10.8. The van der Waals surface area contributed by atoms with E-state index in [1.807, 2.05) is 0 Å². The molecule has 0 amide bonds. The molecule has 1 unspecified atom stereocenters. The van der Waals surface area contributed by atoms with Gasteiger partial charge in [-0.3, -0.25) is 4.90 Å². The molecule has 0 saturated carbocycles. The van der Waals surface area contributed by atoms with Gasteiger partial charge in [-0.25, -0.2) is 0 Å². The maximum Gasteiger partial charge on any atom is 0.0243 e. The predicted octanol–water partition coefficient (Wildman–Crippen LogP) is 3.72. The van der Waals surface area contributed by atoms with E-state index in [1.54, 1.807) is 0 Å². The maximum atomic E-state index is 2.60. The van der Waals surface area contributed by atoms with Crippen LogP contribution >= 0.6 is 22.6 Å². The summed E-state index contributed by atoms with van der Waals surface area (Å²) in [6.07, 6.45) is 1.35. The van der Waals surface area contributed by atoms with Crippen LogP contribution in [0.1, 0.15) is 25.8 Å². The third-order valence-corrected chi connectivity index (χ3v) is 3.97. The molecule has 0 aliphatic carbocycles. The summed E-state index contributed by atoms with van der Waals surface area (Å²) in [6.45, 7) is 8.33. The van der Waals surface area contributed by atoms with Crippen LogP contribution in [-0.2, 0) is 6.54 Å². The minimum Gasteiger partial charge on any atom is -0.298 e. The van der Waals surface area contributed by atoms with Gasteiger partial charge in [0.1, 0.15) is 0 Å². The Hall–Kier alpha value is -0.0900. The second-order valence-corrected chi connectivity index (χ2v) is 7.38. The molecule has 0 spiro atoms. The largest absolute Gasteiger partial charge is 0.298 e. The summed E-state index contributed by atoms with van der Waals surface area (Å²) in [5, 5.41) is 0. The number of likely N-dealkylation sites (tertiary alicyclic amines) is 1. The zero-order valence-corrected chi connectivity index (χ0v) is 12.3. The highest BCUT2D eigenvalue weighted by atomic mass is 127. The van der Waals surface area contributed by atoms with Crippen molar-refractivity contribution < 1.29 is 0 Å². The third-order valence-electron chi connectivity index (χ3n) is 3.13. The van der Waals surface area contributed by atoms with E-state index in [0.717, 1.165) is 10.5 Å². The Morgan fingerprint density at radius 3 is 2.62 bits per heavy atom. The summed E-state index contributed by atoms with van der Waals surface area (Å²) < 4.78 is 0.796. The van der Waals surface area contributed by atoms with Gasteiger partial charge in [0.15, 0.2) is 0 Å². The average Bonchev–Trinajstić information content (AvgIpc) is 2.15. The van der Waals surface area contributed by atoms with Crippen LogP contribution in [0.2, 0.25) is 0 Å². The zero-order chi connectivity index (χ0) is 11.6. The van der Waals surface area contributed by atoms with Gasteiger partial charge in [0.25, 0.3) is 0 Å². The maximum absolute atomic E-state index is 2.60. The molecular formula is C14H20IN. The molecule has 1 fully saturated rings. The molecule has 0 N–H and O–H groups in total. The Balaban J connectivity index is 2.00. The van der Waals surface area contributed by atoms with E-state index in [4.69, 9.17) is 0 Å². The summed E-state index contributed by atoms with van der Waals surface area (Å²) >= 11 is 2.60. The summed E-state index contributed by atoms with van der Waals surface area (Å²) in [5.41, 5.74) is 1.91. The molecule has 1 nitrogen and oxygen atoms in total. The Morgan fingerprint density at radius 1 is 1.31 bits per heavy atom. The molecule has 0 radical (unpaired) electrons. The highest BCUT2D eigenvalue weighted by Gasteiger charge is 2.31. The van der Waals surface area contributed by atoms with Gasteiger partial charge in [0.05, 0.1) is 0 Å². The van der Waals surface area contributed by atoms with Crippen molar-refractivity contribution in [3.63, 3.8) is 0 Å². The minimum absolute atomic E-state index is 0.471. The Labute approximate surface area is 112 Å². The average molecular weight is 329 g/mol. The second-order valence-electron chi connectivity index (χ2n) is 5.62. The van der Waals surface area contributed by atoms with Crippen molar-refractivity contribution in [3.05, 3.63) is 35.9 Å². The summed E-state index contributed by atoms with van der Waals surface area (Å²) in [5.74, 6) is 0. The molecule has 1 aliphatic rings. The molecule has 1 aromatic carbocycles. The fourth-order valence-electron chi connectivity index (χ4n) is 2.64. The van der Waals surface area contributed by atoms with Crippen molar-refractivity contribution in [2.45, 2.75) is 30.7 Å². The minimum atomic E-state index is 0.471. The van der Waals surface area contributed by atoms with E-state index in [-0.39, 0.29) is 0 Å². The molecule has 1 heterocycles. The topological polar surface area (TPSA) is 3.24 Å². The fraction of sp³-hybridized carbons (Fsp3) is 0.571. The number of rotatable bonds is 2. The first-order valence-corrected chi connectivity index (χ1v) is 7.20. The van der Waals surface area contributed by atoms with Gasteiger partial charge in [-0.2, -0.15) is 0 Å². The van der Waals surface area contributed by atoms with Crippen molar-refractivity contribution in [1.29, 1.82) is 0 Å². The molecular weight excluding hydrogens is 309 g/mol. The SMILES string of the molecule is CC1(C)CC(I)CN(Cc2ccccc2)C1. The van der Waals surface area contributed by atoms with Gasteiger partial charge in [-0.1, -0.05) is 66.8 Å². The number of hydrogen-bond donors (Lipinski definition) is 0. The number of halogens is 1. The number of benzene rings is 1. The molecule has 2 heteroatoms. The number of piperidine rings is 1. The molecule has 1 atom stereocenters. The van der Waals surface area contributed by atoms with Crippen LogP contribution in [0.3, 0.4) is 0 Å². The molecule has 1 saturated heterocycles. The number of alkyl halides is 1. The Bertz CT molecular complexity index is 334. The molecule has 0 aromatic heterocycles. The van der Waals surface area contributed by atoms with Crippen molar-refractivity contribution in [1.82, 2.24) is 4.90 Å². The fourth-order valence-corrected chi connectivity index (χ4v) is 4.39. The van der Waals surface area contributed by atoms with Gasteiger partial charge < -0.3 is 0 Å². The number of nitrogens with zero attached hydrogens (tertiary/aromatic N) is 1. The lowest BCUT2D eigenvalue weighted by Gasteiger charge is -2.40. The Kier molecular flexibility index (Phi) is 3.90. The van der Waals surface area contributed by atoms with Gasteiger partial charge in [-0.15, -0.1) is 0 Å². The van der Waals surface area contributed by atoms with Crippen LogP contribution in [0.5, 0.6) is 0 Å². The van der Waals surface area contributed by atoms with Crippen LogP contribution in [0, 0.1) is 5.41 Å². The van der Waals surface area contributed by atoms with Crippen LogP contribution < -0.4 is 0 Å². The summed E-state index contributed by atoms with van der Waals surface area (Å²) in [4.78, 5) is 2.59. The van der Waals surface area contributed by atoms with Crippen molar-refractivity contribution in [3.8, 4) is 0 Å². The summed E-state index contributed by atoms with van der Waals surface area (Å²) in [7, 11) is 0. The standard InChI is InChI=1S/C14H20IN/c1-14(2)8-13(15)10-16(11-14)9-12-6-4-3-5-7-12/h3-7,13H,8-11H2,1-2H3. The monoisotopic (exact) mass is 329 g/mol. The molecule has 1 aromatic rings. The molecule has 88 valence electrons. The van der Waals surface area contributed by atoms with Crippen LogP contribution in [0.4, 0.5) is 0 Å². The molecule has 2 rings (SSSR count). The van der Waals surface area contributed by atoms with Gasteiger partial charge >= 0.3 is 0 Å². The molecule has 16 heavy (non-hydrogen) atoms. The van der Waals surface area contributed by atoms with Crippen molar-refractivity contribution in [2.75, 3.05) is 13.1 Å². The van der Waals surface area contributed by atoms with E-state index in [0.29, 0.717) is 5.41 Å². The van der Waals surface area contributed by atoms with E-state index in [9.17, 15) is 0 Å². The van der Waals surface area contributed by atoms with Crippen molar-refractivity contribution >= 4 is 22.6 Å². The smallest absolute Gasteiger partial charge is 0.0243 e. The first kappa shape index (κ1) is 12.4. The zero-order valence-electron chi connectivity index (χ0n) is 10.1. The van der Waals surface area contributed by atoms with Crippen LogP contribution in [0.15, 0.2) is 30.3 Å². The molecule has 1 aliphatic heterocycles. The normalized spacial score (nSPS) is 25.6. The third kappa shape index (κ3) is 3.45. The first-order valence-electron chi connectivity index (χ1n) is 5.95. The van der Waals surface area contributed by atoms with Crippen LogP contribution in [0.25, 0.3) is 0 Å². The highest BCUT2D eigenvalue weighted by molar-refractivity contribution is 14.1. The van der Waals surface area contributed by atoms with Gasteiger partial charge in [0.2, 0.25) is 0 Å². The van der Waals surface area contributed by atoms with E-state index >= 15 is 0 Å². The lowest BCUT2D eigenvalue weighted by Crippen LogP contribution is -2.44. The quantitative estimate of drug-likeness (QED) is 0.590. The predicted molar refractivity (Wildman–Crippen MR) is 77.9 cm³/mol. The van der Waals surface area contributed by atoms with Crippen LogP contribution in [-0.4, -0.2) is 21.9 Å². The van der Waals surface area contributed by atoms with E-state index in [1.165, 1.54) is 25.1 Å². The van der Waals surface area contributed by atoms with Crippen molar-refractivity contribution in [2.24, 2.45) is 5.41 Å². The first-order chi connectivity index (χ1) is 7.55. The second kappa shape index (κ2) is 5.05. The highest BCUT2D eigenvalue weighted by Crippen LogP contribution is 2.32. The van der Waals surface area contributed by atoms with Gasteiger partial charge in [0, 0.05) is 23.6 Å².